The highest BCUT2D eigenvalue weighted by molar-refractivity contribution is 14.0. The SMILES string of the molecule is CCNC(=NCc1csc(CC)n1)NCC(c1ccc(Cl)cc1)n1cccn1.I. The van der Waals surface area contributed by atoms with Gasteiger partial charge in [-0.25, -0.2) is 9.98 Å². The third kappa shape index (κ3) is 6.97. The molecule has 1 atom stereocenters. The molecule has 0 aliphatic heterocycles. The fourth-order valence-corrected chi connectivity index (χ4v) is 3.66. The monoisotopic (exact) mass is 544 g/mol. The maximum Gasteiger partial charge on any atom is 0.191 e. The summed E-state index contributed by atoms with van der Waals surface area (Å²) in [6.07, 6.45) is 4.71. The Labute approximate surface area is 197 Å². The summed E-state index contributed by atoms with van der Waals surface area (Å²) in [6, 6.07) is 9.82. The Morgan fingerprint density at radius 3 is 2.66 bits per heavy atom. The Kier molecular flexibility index (Phi) is 9.89. The Morgan fingerprint density at radius 2 is 2.03 bits per heavy atom. The van der Waals surface area contributed by atoms with Gasteiger partial charge >= 0.3 is 0 Å². The normalized spacial score (nSPS) is 12.3. The number of hydrogen-bond donors (Lipinski definition) is 2. The molecule has 0 saturated heterocycles. The summed E-state index contributed by atoms with van der Waals surface area (Å²) in [7, 11) is 0. The van der Waals surface area contributed by atoms with Gasteiger partial charge in [-0.15, -0.1) is 35.3 Å². The maximum atomic E-state index is 6.05. The standard InChI is InChI=1S/C20H25ClN6S.HI/c1-3-19-26-17(14-28-19)12-23-20(22-4-2)24-13-18(27-11-5-10-25-27)15-6-8-16(21)9-7-15;/h5-11,14,18H,3-4,12-13H2,1-2H3,(H2,22,23,24);1H. The van der Waals surface area contributed by atoms with Gasteiger partial charge in [0.05, 0.1) is 23.3 Å². The molecular formula is C20H26ClIN6S. The smallest absolute Gasteiger partial charge is 0.191 e. The minimum atomic E-state index is 0. The van der Waals surface area contributed by atoms with E-state index < -0.39 is 0 Å². The molecule has 6 nitrogen and oxygen atoms in total. The van der Waals surface area contributed by atoms with Gasteiger partial charge in [-0.3, -0.25) is 4.68 Å². The summed E-state index contributed by atoms with van der Waals surface area (Å²) in [5.74, 6) is 0.764. The van der Waals surface area contributed by atoms with E-state index in [0.717, 1.165) is 40.2 Å². The zero-order valence-corrected chi connectivity index (χ0v) is 20.4. The lowest BCUT2D eigenvalue weighted by atomic mass is 10.1. The highest BCUT2D eigenvalue weighted by Crippen LogP contribution is 2.19. The predicted octanol–water partition coefficient (Wildman–Crippen LogP) is 4.52. The first-order valence-corrected chi connectivity index (χ1v) is 10.7. The number of halogens is 2. The van der Waals surface area contributed by atoms with E-state index in [9.17, 15) is 0 Å². The van der Waals surface area contributed by atoms with Gasteiger partial charge in [-0.05, 0) is 37.1 Å². The molecular weight excluding hydrogens is 519 g/mol. The van der Waals surface area contributed by atoms with E-state index in [-0.39, 0.29) is 30.0 Å². The van der Waals surface area contributed by atoms with Crippen molar-refractivity contribution in [1.82, 2.24) is 25.4 Å². The van der Waals surface area contributed by atoms with E-state index in [1.165, 1.54) is 0 Å². The van der Waals surface area contributed by atoms with Crippen LogP contribution in [0.2, 0.25) is 5.02 Å². The number of benzene rings is 1. The van der Waals surface area contributed by atoms with Crippen LogP contribution in [0.15, 0.2) is 53.1 Å². The molecule has 2 heterocycles. The number of guanidine groups is 1. The van der Waals surface area contributed by atoms with E-state index in [4.69, 9.17) is 11.6 Å². The van der Waals surface area contributed by atoms with Crippen LogP contribution in [0.4, 0.5) is 0 Å². The van der Waals surface area contributed by atoms with Crippen molar-refractivity contribution < 1.29 is 0 Å². The van der Waals surface area contributed by atoms with Crippen LogP contribution in [0.5, 0.6) is 0 Å². The molecule has 0 bridgehead atoms. The van der Waals surface area contributed by atoms with Gasteiger partial charge in [0.1, 0.15) is 0 Å². The largest absolute Gasteiger partial charge is 0.357 e. The van der Waals surface area contributed by atoms with E-state index in [0.29, 0.717) is 13.1 Å². The summed E-state index contributed by atoms with van der Waals surface area (Å²) in [5.41, 5.74) is 2.13. The zero-order chi connectivity index (χ0) is 19.8. The summed E-state index contributed by atoms with van der Waals surface area (Å²) < 4.78 is 1.94. The molecule has 1 unspecified atom stereocenters. The van der Waals surface area contributed by atoms with Gasteiger partial charge in [0.15, 0.2) is 5.96 Å². The summed E-state index contributed by atoms with van der Waals surface area (Å²) in [5, 5.41) is 15.1. The van der Waals surface area contributed by atoms with Crippen LogP contribution in [0, 0.1) is 0 Å². The van der Waals surface area contributed by atoms with Gasteiger partial charge in [0, 0.05) is 35.9 Å². The third-order valence-electron chi connectivity index (χ3n) is 4.21. The van der Waals surface area contributed by atoms with E-state index >= 15 is 0 Å². The van der Waals surface area contributed by atoms with Crippen LogP contribution in [-0.4, -0.2) is 33.8 Å². The van der Waals surface area contributed by atoms with Gasteiger partial charge in [-0.2, -0.15) is 5.10 Å². The molecule has 0 aliphatic rings. The number of aliphatic imine (C=N–C) groups is 1. The molecule has 0 spiro atoms. The lowest BCUT2D eigenvalue weighted by Gasteiger charge is -2.20. The number of thiazole rings is 1. The molecule has 0 fully saturated rings. The molecule has 3 aromatic rings. The van der Waals surface area contributed by atoms with Gasteiger partial charge in [0.2, 0.25) is 0 Å². The molecule has 9 heteroatoms. The first kappa shape index (κ1) is 23.6. The Balaban J connectivity index is 0.00000300. The van der Waals surface area contributed by atoms with Crippen molar-refractivity contribution in [1.29, 1.82) is 0 Å². The van der Waals surface area contributed by atoms with Crippen molar-refractivity contribution in [3.05, 3.63) is 69.4 Å². The average Bonchev–Trinajstić information content (AvgIpc) is 3.39. The van der Waals surface area contributed by atoms with Crippen molar-refractivity contribution in [3.63, 3.8) is 0 Å². The first-order valence-electron chi connectivity index (χ1n) is 9.39. The summed E-state index contributed by atoms with van der Waals surface area (Å²) >= 11 is 7.74. The molecule has 29 heavy (non-hydrogen) atoms. The molecule has 2 N–H and O–H groups in total. The predicted molar refractivity (Wildman–Crippen MR) is 132 cm³/mol. The second-order valence-electron chi connectivity index (χ2n) is 6.22. The van der Waals surface area contributed by atoms with Crippen LogP contribution in [-0.2, 0) is 13.0 Å². The second kappa shape index (κ2) is 12.1. The van der Waals surface area contributed by atoms with Crippen molar-refractivity contribution >= 4 is 52.9 Å². The second-order valence-corrected chi connectivity index (χ2v) is 7.59. The number of nitrogens with zero attached hydrogens (tertiary/aromatic N) is 4. The van der Waals surface area contributed by atoms with Crippen LogP contribution in [0.25, 0.3) is 0 Å². The van der Waals surface area contributed by atoms with Crippen molar-refractivity contribution in [3.8, 4) is 0 Å². The topological polar surface area (TPSA) is 67.1 Å². The van der Waals surface area contributed by atoms with Gasteiger partial charge in [-0.1, -0.05) is 30.7 Å². The summed E-state index contributed by atoms with van der Waals surface area (Å²) in [6.45, 7) is 6.16. The van der Waals surface area contributed by atoms with Crippen molar-refractivity contribution in [2.45, 2.75) is 32.9 Å². The highest BCUT2D eigenvalue weighted by Gasteiger charge is 2.15. The van der Waals surface area contributed by atoms with Crippen LogP contribution >= 0.6 is 46.9 Å². The van der Waals surface area contributed by atoms with Crippen LogP contribution in [0.1, 0.15) is 36.2 Å². The number of rotatable bonds is 8. The average molecular weight is 545 g/mol. The summed E-state index contributed by atoms with van der Waals surface area (Å²) in [4.78, 5) is 9.26. The fraction of sp³-hybridized carbons (Fsp3) is 0.350. The zero-order valence-electron chi connectivity index (χ0n) is 16.5. The molecule has 0 saturated carbocycles. The minimum Gasteiger partial charge on any atom is -0.357 e. The maximum absolute atomic E-state index is 6.05. The molecule has 0 amide bonds. The molecule has 0 radical (unpaired) electrons. The third-order valence-corrected chi connectivity index (χ3v) is 5.50. The van der Waals surface area contributed by atoms with Gasteiger partial charge < -0.3 is 10.6 Å². The van der Waals surface area contributed by atoms with Crippen molar-refractivity contribution in [2.75, 3.05) is 13.1 Å². The molecule has 156 valence electrons. The number of hydrogen-bond acceptors (Lipinski definition) is 4. The quantitative estimate of drug-likeness (QED) is 0.249. The van der Waals surface area contributed by atoms with Crippen LogP contribution in [0.3, 0.4) is 0 Å². The lowest BCUT2D eigenvalue weighted by molar-refractivity contribution is 0.510. The minimum absolute atomic E-state index is 0. The van der Waals surface area contributed by atoms with Gasteiger partial charge in [0.25, 0.3) is 0 Å². The number of aromatic nitrogens is 3. The van der Waals surface area contributed by atoms with E-state index in [1.54, 1.807) is 17.5 Å². The number of aryl methyl sites for hydroxylation is 1. The van der Waals surface area contributed by atoms with E-state index in [2.05, 4.69) is 44.9 Å². The fourth-order valence-electron chi connectivity index (χ4n) is 2.79. The molecule has 2 aromatic heterocycles. The van der Waals surface area contributed by atoms with Crippen molar-refractivity contribution in [2.24, 2.45) is 4.99 Å². The molecule has 1 aromatic carbocycles. The molecule has 3 rings (SSSR count). The number of nitrogens with one attached hydrogen (secondary N) is 2. The lowest BCUT2D eigenvalue weighted by Crippen LogP contribution is -2.40. The highest BCUT2D eigenvalue weighted by atomic mass is 127. The first-order chi connectivity index (χ1) is 13.7. The Hall–Kier alpha value is -1.65. The Morgan fingerprint density at radius 1 is 1.24 bits per heavy atom. The molecule has 0 aliphatic carbocycles. The Bertz CT molecular complexity index is 879. The van der Waals surface area contributed by atoms with E-state index in [1.807, 2.05) is 41.2 Å². The van der Waals surface area contributed by atoms with Crippen LogP contribution < -0.4 is 10.6 Å².